The normalized spacial score (nSPS) is 18.6. The number of likely N-dealkylation sites (tertiary alicyclic amines) is 1. The number of likely N-dealkylation sites (N-methyl/N-ethyl adjacent to an activating group) is 1. The number of ether oxygens (including phenoxy) is 1. The Hall–Kier alpha value is -1.56. The first-order valence-electron chi connectivity index (χ1n) is 8.01. The number of hydrogen-bond acceptors (Lipinski definition) is 4. The summed E-state index contributed by atoms with van der Waals surface area (Å²) in [6.07, 6.45) is 1.94. The molecule has 1 aromatic rings. The maximum atomic E-state index is 12.4. The molecule has 5 nitrogen and oxygen atoms in total. The van der Waals surface area contributed by atoms with E-state index in [0.717, 1.165) is 18.4 Å². The SMILES string of the molecule is CN(C(=O)Cc1ccsc1)[C@@H]1CCCN(C(=O)OC(C)(C)C)C1. The number of rotatable bonds is 3. The highest BCUT2D eigenvalue weighted by molar-refractivity contribution is 7.07. The van der Waals surface area contributed by atoms with Crippen LogP contribution in [0, 0.1) is 0 Å². The van der Waals surface area contributed by atoms with Crippen LogP contribution in [-0.2, 0) is 16.0 Å². The van der Waals surface area contributed by atoms with Gasteiger partial charge in [0.05, 0.1) is 6.42 Å². The minimum atomic E-state index is -0.495. The van der Waals surface area contributed by atoms with Gasteiger partial charge in [0.25, 0.3) is 0 Å². The lowest BCUT2D eigenvalue weighted by Crippen LogP contribution is -2.51. The van der Waals surface area contributed by atoms with Crippen molar-refractivity contribution in [1.29, 1.82) is 0 Å². The van der Waals surface area contributed by atoms with Gasteiger partial charge in [-0.2, -0.15) is 11.3 Å². The second-order valence-corrected chi connectivity index (χ2v) is 7.82. The van der Waals surface area contributed by atoms with Crippen molar-refractivity contribution in [3.8, 4) is 0 Å². The van der Waals surface area contributed by atoms with Crippen molar-refractivity contribution in [2.75, 3.05) is 20.1 Å². The lowest BCUT2D eigenvalue weighted by Gasteiger charge is -2.38. The predicted octanol–water partition coefficient (Wildman–Crippen LogP) is 3.15. The number of thiophene rings is 1. The van der Waals surface area contributed by atoms with Gasteiger partial charge >= 0.3 is 6.09 Å². The smallest absolute Gasteiger partial charge is 0.410 e. The minimum absolute atomic E-state index is 0.0578. The van der Waals surface area contributed by atoms with Crippen LogP contribution in [0.25, 0.3) is 0 Å². The van der Waals surface area contributed by atoms with Crippen LogP contribution in [0.1, 0.15) is 39.2 Å². The average Bonchev–Trinajstić information content (AvgIpc) is 2.97. The quantitative estimate of drug-likeness (QED) is 0.851. The molecule has 0 aromatic carbocycles. The van der Waals surface area contributed by atoms with E-state index in [-0.39, 0.29) is 18.0 Å². The van der Waals surface area contributed by atoms with Gasteiger partial charge in [0, 0.05) is 26.2 Å². The molecule has 0 unspecified atom stereocenters. The molecule has 128 valence electrons. The topological polar surface area (TPSA) is 49.9 Å². The lowest BCUT2D eigenvalue weighted by molar-refractivity contribution is -0.132. The molecule has 0 spiro atoms. The van der Waals surface area contributed by atoms with Crippen LogP contribution in [0.3, 0.4) is 0 Å². The summed E-state index contributed by atoms with van der Waals surface area (Å²) in [5.41, 5.74) is 0.552. The van der Waals surface area contributed by atoms with Gasteiger partial charge < -0.3 is 14.5 Å². The summed E-state index contributed by atoms with van der Waals surface area (Å²) in [4.78, 5) is 28.1. The molecule has 6 heteroatoms. The molecule has 23 heavy (non-hydrogen) atoms. The van der Waals surface area contributed by atoms with E-state index in [1.54, 1.807) is 21.1 Å². The first-order valence-corrected chi connectivity index (χ1v) is 8.95. The van der Waals surface area contributed by atoms with Crippen LogP contribution in [0.2, 0.25) is 0 Å². The maximum absolute atomic E-state index is 12.4. The number of carbonyl (C=O) groups excluding carboxylic acids is 2. The van der Waals surface area contributed by atoms with Gasteiger partial charge in [-0.15, -0.1) is 0 Å². The molecule has 1 aliphatic rings. The fraction of sp³-hybridized carbons (Fsp3) is 0.647. The van der Waals surface area contributed by atoms with E-state index in [1.165, 1.54) is 0 Å². The number of carbonyl (C=O) groups is 2. The van der Waals surface area contributed by atoms with Gasteiger partial charge in [0.1, 0.15) is 5.60 Å². The first-order chi connectivity index (χ1) is 10.8. The third kappa shape index (κ3) is 5.23. The summed E-state index contributed by atoms with van der Waals surface area (Å²) < 4.78 is 5.44. The highest BCUT2D eigenvalue weighted by Gasteiger charge is 2.30. The van der Waals surface area contributed by atoms with Crippen molar-refractivity contribution in [3.63, 3.8) is 0 Å². The number of hydrogen-bond donors (Lipinski definition) is 0. The fourth-order valence-corrected chi connectivity index (χ4v) is 3.33. The summed E-state index contributed by atoms with van der Waals surface area (Å²) in [6, 6.07) is 2.03. The van der Waals surface area contributed by atoms with Gasteiger partial charge in [-0.25, -0.2) is 4.79 Å². The molecule has 0 bridgehead atoms. The Balaban J connectivity index is 1.92. The molecule has 1 aliphatic heterocycles. The molecule has 1 fully saturated rings. The van der Waals surface area contributed by atoms with Gasteiger partial charge in [-0.05, 0) is 56.0 Å². The van der Waals surface area contributed by atoms with E-state index in [9.17, 15) is 9.59 Å². The first kappa shape index (κ1) is 17.8. The molecular formula is C17H26N2O3S. The summed E-state index contributed by atoms with van der Waals surface area (Å²) in [6.45, 7) is 6.83. The van der Waals surface area contributed by atoms with Crippen molar-refractivity contribution >= 4 is 23.3 Å². The van der Waals surface area contributed by atoms with Gasteiger partial charge in [-0.3, -0.25) is 4.79 Å². The van der Waals surface area contributed by atoms with E-state index in [4.69, 9.17) is 4.74 Å². The third-order valence-corrected chi connectivity index (χ3v) is 4.66. The van der Waals surface area contributed by atoms with Crippen molar-refractivity contribution in [3.05, 3.63) is 22.4 Å². The second kappa shape index (κ2) is 7.34. The van der Waals surface area contributed by atoms with E-state index in [0.29, 0.717) is 19.5 Å². The highest BCUT2D eigenvalue weighted by atomic mass is 32.1. The van der Waals surface area contributed by atoms with E-state index in [1.807, 2.05) is 44.6 Å². The predicted molar refractivity (Wildman–Crippen MR) is 91.6 cm³/mol. The largest absolute Gasteiger partial charge is 0.444 e. The number of amides is 2. The van der Waals surface area contributed by atoms with Crippen LogP contribution >= 0.6 is 11.3 Å². The van der Waals surface area contributed by atoms with E-state index < -0.39 is 5.60 Å². The Morgan fingerprint density at radius 2 is 2.17 bits per heavy atom. The summed E-state index contributed by atoms with van der Waals surface area (Å²) in [5.74, 6) is 0.0967. The molecule has 2 heterocycles. The van der Waals surface area contributed by atoms with Crippen LogP contribution in [0.15, 0.2) is 16.8 Å². The van der Waals surface area contributed by atoms with Gasteiger partial charge in [0.15, 0.2) is 0 Å². The van der Waals surface area contributed by atoms with Gasteiger partial charge in [0.2, 0.25) is 5.91 Å². The average molecular weight is 338 g/mol. The zero-order valence-electron chi connectivity index (χ0n) is 14.4. The van der Waals surface area contributed by atoms with Crippen LogP contribution < -0.4 is 0 Å². The summed E-state index contributed by atoms with van der Waals surface area (Å²) >= 11 is 1.60. The zero-order valence-corrected chi connectivity index (χ0v) is 15.2. The van der Waals surface area contributed by atoms with E-state index >= 15 is 0 Å². The zero-order chi connectivity index (χ0) is 17.0. The van der Waals surface area contributed by atoms with Crippen molar-refractivity contribution in [1.82, 2.24) is 9.80 Å². The van der Waals surface area contributed by atoms with Crippen molar-refractivity contribution in [2.45, 2.75) is 51.7 Å². The Morgan fingerprint density at radius 3 is 2.78 bits per heavy atom. The molecule has 1 aromatic heterocycles. The fourth-order valence-electron chi connectivity index (χ4n) is 2.66. The van der Waals surface area contributed by atoms with Crippen molar-refractivity contribution in [2.24, 2.45) is 0 Å². The van der Waals surface area contributed by atoms with Crippen LogP contribution in [-0.4, -0.2) is 53.6 Å². The molecule has 0 N–H and O–H groups in total. The summed E-state index contributed by atoms with van der Waals surface area (Å²) in [5, 5.41) is 3.98. The molecule has 1 saturated heterocycles. The van der Waals surface area contributed by atoms with Gasteiger partial charge in [-0.1, -0.05) is 0 Å². The molecule has 2 rings (SSSR count). The lowest BCUT2D eigenvalue weighted by atomic mass is 10.0. The summed E-state index contributed by atoms with van der Waals surface area (Å²) in [7, 11) is 1.83. The van der Waals surface area contributed by atoms with E-state index in [2.05, 4.69) is 0 Å². The minimum Gasteiger partial charge on any atom is -0.444 e. The molecule has 0 radical (unpaired) electrons. The highest BCUT2D eigenvalue weighted by Crippen LogP contribution is 2.19. The van der Waals surface area contributed by atoms with Crippen molar-refractivity contribution < 1.29 is 14.3 Å². The second-order valence-electron chi connectivity index (χ2n) is 7.04. The number of piperidine rings is 1. The standard InChI is InChI=1S/C17H26N2O3S/c1-17(2,3)22-16(21)19-8-5-6-14(11-19)18(4)15(20)10-13-7-9-23-12-13/h7,9,12,14H,5-6,8,10-11H2,1-4H3/t14-/m1/s1. The Kier molecular flexibility index (Phi) is 5.68. The maximum Gasteiger partial charge on any atom is 0.410 e. The Labute approximate surface area is 142 Å². The monoisotopic (exact) mass is 338 g/mol. The molecule has 1 atom stereocenters. The Bertz CT molecular complexity index is 537. The van der Waals surface area contributed by atoms with Crippen LogP contribution in [0.4, 0.5) is 4.79 Å². The third-order valence-electron chi connectivity index (χ3n) is 3.92. The number of nitrogens with zero attached hydrogens (tertiary/aromatic N) is 2. The Morgan fingerprint density at radius 1 is 1.43 bits per heavy atom. The molecule has 0 saturated carbocycles. The molecular weight excluding hydrogens is 312 g/mol. The molecule has 2 amide bonds. The van der Waals surface area contributed by atoms with Crippen LogP contribution in [0.5, 0.6) is 0 Å². The molecule has 0 aliphatic carbocycles.